The maximum atomic E-state index is 11.1. The van der Waals surface area contributed by atoms with Gasteiger partial charge in [-0.1, -0.05) is 23.9 Å². The van der Waals surface area contributed by atoms with Gasteiger partial charge in [-0.3, -0.25) is 20.1 Å². The van der Waals surface area contributed by atoms with E-state index >= 15 is 0 Å². The van der Waals surface area contributed by atoms with Gasteiger partial charge in [0.1, 0.15) is 0 Å². The first-order chi connectivity index (χ1) is 14.5. The summed E-state index contributed by atoms with van der Waals surface area (Å²) in [6, 6.07) is 10.6. The minimum absolute atomic E-state index is 0.0702. The maximum absolute atomic E-state index is 11.1. The summed E-state index contributed by atoms with van der Waals surface area (Å²) in [6.07, 6.45) is 0.797. The Balaban J connectivity index is 1.82. The molecule has 1 unspecified atom stereocenters. The molecule has 0 radical (unpaired) electrons. The molecule has 2 atom stereocenters. The fourth-order valence-corrected chi connectivity index (χ4v) is 4.80. The number of rotatable bonds is 4. The molecule has 30 heavy (non-hydrogen) atoms. The number of hydrogen-bond donors (Lipinski definition) is 1. The van der Waals surface area contributed by atoms with Gasteiger partial charge in [-0.2, -0.15) is 0 Å². The van der Waals surface area contributed by atoms with E-state index in [0.29, 0.717) is 11.5 Å². The molecular formula is C21H24N4O4S. The monoisotopic (exact) mass is 428 g/mol. The van der Waals surface area contributed by atoms with Crippen LogP contribution in [0.15, 0.2) is 41.4 Å². The molecule has 1 N–H and O–H groups in total. The molecule has 0 amide bonds. The third-order valence-corrected chi connectivity index (χ3v) is 6.36. The highest BCUT2D eigenvalue weighted by Gasteiger charge is 2.32. The molecule has 0 saturated heterocycles. The zero-order valence-corrected chi connectivity index (χ0v) is 17.9. The number of non-ortho nitro benzene ring substituents is 1. The number of fused-ring (bicyclic) bond motifs is 1. The average molecular weight is 429 g/mol. The quantitative estimate of drug-likeness (QED) is 0.588. The molecule has 0 fully saturated rings. The summed E-state index contributed by atoms with van der Waals surface area (Å²) in [5.41, 5.74) is 6.83. The van der Waals surface area contributed by atoms with Crippen LogP contribution < -0.4 is 14.9 Å². The zero-order valence-electron chi connectivity index (χ0n) is 17.1. The first-order valence-electron chi connectivity index (χ1n) is 9.73. The second-order valence-corrected chi connectivity index (χ2v) is 8.31. The fourth-order valence-electron chi connectivity index (χ4n) is 3.88. The standard InChI is InChI=1S/C21H24N4O4S/c1-13-10-15-11-18(28-2)19(29-3)12-17(15)20(23-24(13)21-22-8-9-30-21)14-4-6-16(7-5-14)25(26)27/h4-7,11-13,20,23H,8-10H2,1-3H3/t13-,20?/m1/s1. The number of nitrogens with zero attached hydrogens (tertiary/aromatic N) is 3. The van der Waals surface area contributed by atoms with Crippen molar-refractivity contribution < 1.29 is 14.4 Å². The molecule has 0 aromatic heterocycles. The number of nitrogens with one attached hydrogen (secondary N) is 1. The van der Waals surface area contributed by atoms with Crippen LogP contribution in [0.3, 0.4) is 0 Å². The van der Waals surface area contributed by atoms with Gasteiger partial charge in [-0.05, 0) is 42.2 Å². The lowest BCUT2D eigenvalue weighted by Gasteiger charge is -2.32. The molecule has 2 aromatic carbocycles. The van der Waals surface area contributed by atoms with Gasteiger partial charge < -0.3 is 9.47 Å². The molecule has 9 heteroatoms. The normalized spacial score (nSPS) is 20.9. The van der Waals surface area contributed by atoms with Crippen LogP contribution in [-0.4, -0.2) is 47.7 Å². The van der Waals surface area contributed by atoms with E-state index in [1.54, 1.807) is 38.1 Å². The number of hydrogen-bond acceptors (Lipinski definition) is 8. The average Bonchev–Trinajstić information content (AvgIpc) is 3.24. The Labute approximate surface area is 179 Å². The minimum atomic E-state index is -0.385. The van der Waals surface area contributed by atoms with Gasteiger partial charge >= 0.3 is 0 Å². The Morgan fingerprint density at radius 2 is 1.90 bits per heavy atom. The van der Waals surface area contributed by atoms with Crippen LogP contribution >= 0.6 is 11.8 Å². The highest BCUT2D eigenvalue weighted by molar-refractivity contribution is 8.14. The largest absolute Gasteiger partial charge is 0.493 e. The lowest BCUT2D eigenvalue weighted by Crippen LogP contribution is -2.47. The van der Waals surface area contributed by atoms with Crippen LogP contribution in [0.4, 0.5) is 5.69 Å². The van der Waals surface area contributed by atoms with Crippen molar-refractivity contribution in [1.82, 2.24) is 10.4 Å². The van der Waals surface area contributed by atoms with Crippen LogP contribution in [0.25, 0.3) is 0 Å². The summed E-state index contributed by atoms with van der Waals surface area (Å²) in [5, 5.41) is 14.2. The Bertz CT molecular complexity index is 980. The molecule has 8 nitrogen and oxygen atoms in total. The minimum Gasteiger partial charge on any atom is -0.493 e. The van der Waals surface area contributed by atoms with Crippen molar-refractivity contribution in [2.75, 3.05) is 26.5 Å². The maximum Gasteiger partial charge on any atom is 0.269 e. The second kappa shape index (κ2) is 8.53. The number of aliphatic imine (C=N–C) groups is 1. The van der Waals surface area contributed by atoms with Crippen LogP contribution in [0.2, 0.25) is 0 Å². The molecule has 2 heterocycles. The zero-order chi connectivity index (χ0) is 21.3. The lowest BCUT2D eigenvalue weighted by atomic mass is 9.92. The summed E-state index contributed by atoms with van der Waals surface area (Å²) in [4.78, 5) is 15.4. The molecule has 2 aliphatic rings. The number of thioether (sulfide) groups is 1. The molecule has 4 rings (SSSR count). The number of nitro groups is 1. The van der Waals surface area contributed by atoms with Gasteiger partial charge in [0.2, 0.25) is 0 Å². The predicted octanol–water partition coefficient (Wildman–Crippen LogP) is 3.56. The Hall–Kier alpha value is -2.78. The van der Waals surface area contributed by atoms with Gasteiger partial charge in [0.25, 0.3) is 5.69 Å². The fraction of sp³-hybridized carbons (Fsp3) is 0.381. The van der Waals surface area contributed by atoms with E-state index in [0.717, 1.165) is 40.6 Å². The van der Waals surface area contributed by atoms with Crippen molar-refractivity contribution in [2.24, 2.45) is 4.99 Å². The summed E-state index contributed by atoms with van der Waals surface area (Å²) in [5.74, 6) is 2.31. The second-order valence-electron chi connectivity index (χ2n) is 7.25. The molecule has 0 saturated carbocycles. The first kappa shape index (κ1) is 20.5. The first-order valence-corrected chi connectivity index (χ1v) is 10.7. The SMILES string of the molecule is COc1cc2c(cc1OC)C(c1ccc([N+](=O)[O-])cc1)NN(C1=NCCS1)[C@H](C)C2. The van der Waals surface area contributed by atoms with Gasteiger partial charge in [-0.15, -0.1) is 0 Å². The molecule has 158 valence electrons. The van der Waals surface area contributed by atoms with Crippen molar-refractivity contribution in [3.63, 3.8) is 0 Å². The molecule has 2 aliphatic heterocycles. The van der Waals surface area contributed by atoms with Crippen LogP contribution in [0, 0.1) is 10.1 Å². The van der Waals surface area contributed by atoms with E-state index in [1.807, 2.05) is 12.1 Å². The highest BCUT2D eigenvalue weighted by Crippen LogP contribution is 2.39. The van der Waals surface area contributed by atoms with E-state index in [2.05, 4.69) is 22.4 Å². The number of ether oxygens (including phenoxy) is 2. The van der Waals surface area contributed by atoms with Crippen LogP contribution in [0.1, 0.15) is 29.7 Å². The third kappa shape index (κ3) is 3.82. The highest BCUT2D eigenvalue weighted by atomic mass is 32.2. The van der Waals surface area contributed by atoms with Gasteiger partial charge in [0.05, 0.1) is 31.7 Å². The molecular weight excluding hydrogens is 404 g/mol. The van der Waals surface area contributed by atoms with Gasteiger partial charge in [0, 0.05) is 23.9 Å². The van der Waals surface area contributed by atoms with E-state index in [4.69, 9.17) is 9.47 Å². The predicted molar refractivity (Wildman–Crippen MR) is 117 cm³/mol. The lowest BCUT2D eigenvalue weighted by molar-refractivity contribution is -0.384. The van der Waals surface area contributed by atoms with Crippen molar-refractivity contribution in [3.05, 3.63) is 63.2 Å². The number of benzene rings is 2. The summed E-state index contributed by atoms with van der Waals surface area (Å²) in [7, 11) is 3.25. The molecule has 0 spiro atoms. The van der Waals surface area contributed by atoms with Crippen molar-refractivity contribution in [3.8, 4) is 11.5 Å². The number of nitro benzene ring substituents is 1. The Kier molecular flexibility index (Phi) is 5.83. The Morgan fingerprint density at radius 3 is 2.50 bits per heavy atom. The van der Waals surface area contributed by atoms with Gasteiger partial charge in [-0.25, -0.2) is 5.43 Å². The number of methoxy groups -OCH3 is 2. The van der Waals surface area contributed by atoms with Crippen molar-refractivity contribution in [2.45, 2.75) is 25.4 Å². The smallest absolute Gasteiger partial charge is 0.269 e. The summed E-state index contributed by atoms with van der Waals surface area (Å²) >= 11 is 1.73. The molecule has 2 aromatic rings. The summed E-state index contributed by atoms with van der Waals surface area (Å²) in [6.45, 7) is 2.97. The van der Waals surface area contributed by atoms with Crippen LogP contribution in [0.5, 0.6) is 11.5 Å². The van der Waals surface area contributed by atoms with Crippen LogP contribution in [-0.2, 0) is 6.42 Å². The van der Waals surface area contributed by atoms with E-state index < -0.39 is 0 Å². The topological polar surface area (TPSA) is 89.2 Å². The summed E-state index contributed by atoms with van der Waals surface area (Å²) < 4.78 is 11.1. The van der Waals surface area contributed by atoms with E-state index in [9.17, 15) is 10.1 Å². The number of hydrazine groups is 1. The van der Waals surface area contributed by atoms with E-state index in [-0.39, 0.29) is 22.7 Å². The third-order valence-electron chi connectivity index (χ3n) is 5.39. The Morgan fingerprint density at radius 1 is 1.20 bits per heavy atom. The van der Waals surface area contributed by atoms with Crippen molar-refractivity contribution in [1.29, 1.82) is 0 Å². The van der Waals surface area contributed by atoms with E-state index in [1.165, 1.54) is 12.1 Å². The molecule has 0 bridgehead atoms. The molecule has 0 aliphatic carbocycles. The number of amidine groups is 1. The van der Waals surface area contributed by atoms with Gasteiger partial charge in [0.15, 0.2) is 16.7 Å². The van der Waals surface area contributed by atoms with Crippen molar-refractivity contribution >= 4 is 22.6 Å².